The second-order valence-electron chi connectivity index (χ2n) is 5.32. The molecule has 0 aliphatic carbocycles. The molecule has 1 N–H and O–H groups in total. The predicted octanol–water partition coefficient (Wildman–Crippen LogP) is 1.32. The van der Waals surface area contributed by atoms with Gasteiger partial charge in [-0.15, -0.1) is 0 Å². The van der Waals surface area contributed by atoms with Crippen molar-refractivity contribution in [3.63, 3.8) is 0 Å². The molecule has 1 aromatic rings. The van der Waals surface area contributed by atoms with Crippen molar-refractivity contribution in [2.45, 2.75) is 52.4 Å². The molecule has 1 aliphatic heterocycles. The minimum absolute atomic E-state index is 0.123. The maximum atomic E-state index is 10.1. The van der Waals surface area contributed by atoms with Crippen LogP contribution in [0.2, 0.25) is 0 Å². The van der Waals surface area contributed by atoms with Gasteiger partial charge in [-0.2, -0.15) is 0 Å². The maximum Gasteiger partial charge on any atom is 0.135 e. The minimum atomic E-state index is -0.456. The van der Waals surface area contributed by atoms with Crippen molar-refractivity contribution >= 4 is 5.82 Å². The summed E-state index contributed by atoms with van der Waals surface area (Å²) in [5, 5.41) is 10.1. The Morgan fingerprint density at radius 2 is 2.21 bits per heavy atom. The number of rotatable bonds is 4. The Labute approximate surface area is 114 Å². The maximum absolute atomic E-state index is 10.1. The lowest BCUT2D eigenvalue weighted by molar-refractivity contribution is -0.0386. The SMILES string of the molecule is CCc1cnc(C)nc1N1C[C@H](OC(C)C)[C@@H](O)C1. The van der Waals surface area contributed by atoms with Crippen LogP contribution in [0.25, 0.3) is 0 Å². The van der Waals surface area contributed by atoms with Crippen molar-refractivity contribution < 1.29 is 9.84 Å². The van der Waals surface area contributed by atoms with Gasteiger partial charge in [-0.25, -0.2) is 9.97 Å². The fourth-order valence-corrected chi connectivity index (χ4v) is 2.42. The van der Waals surface area contributed by atoms with Gasteiger partial charge in [0.2, 0.25) is 0 Å². The van der Waals surface area contributed by atoms with E-state index in [2.05, 4.69) is 21.8 Å². The third-order valence-electron chi connectivity index (χ3n) is 3.33. The highest BCUT2D eigenvalue weighted by Gasteiger charge is 2.34. The van der Waals surface area contributed by atoms with Gasteiger partial charge < -0.3 is 14.7 Å². The van der Waals surface area contributed by atoms with E-state index in [1.807, 2.05) is 27.0 Å². The van der Waals surface area contributed by atoms with E-state index in [1.165, 1.54) is 0 Å². The monoisotopic (exact) mass is 265 g/mol. The molecule has 0 spiro atoms. The van der Waals surface area contributed by atoms with Gasteiger partial charge in [-0.1, -0.05) is 6.92 Å². The van der Waals surface area contributed by atoms with E-state index < -0.39 is 6.10 Å². The number of aliphatic hydroxyl groups excluding tert-OH is 1. The highest BCUT2D eigenvalue weighted by Crippen LogP contribution is 2.24. The smallest absolute Gasteiger partial charge is 0.135 e. The summed E-state index contributed by atoms with van der Waals surface area (Å²) in [5.74, 6) is 1.69. The lowest BCUT2D eigenvalue weighted by Crippen LogP contribution is -2.29. The van der Waals surface area contributed by atoms with Gasteiger partial charge in [0.05, 0.1) is 12.2 Å². The van der Waals surface area contributed by atoms with Crippen LogP contribution in [0.3, 0.4) is 0 Å². The van der Waals surface area contributed by atoms with Crippen molar-refractivity contribution in [2.75, 3.05) is 18.0 Å². The lowest BCUT2D eigenvalue weighted by atomic mass is 10.2. The number of aryl methyl sites for hydroxylation is 2. The fraction of sp³-hybridized carbons (Fsp3) is 0.714. The number of β-amino-alcohol motifs (C(OH)–C–C–N with tert-alkyl or cyclic N) is 1. The highest BCUT2D eigenvalue weighted by atomic mass is 16.5. The van der Waals surface area contributed by atoms with Crippen molar-refractivity contribution in [1.29, 1.82) is 0 Å². The van der Waals surface area contributed by atoms with Gasteiger partial charge >= 0.3 is 0 Å². The van der Waals surface area contributed by atoms with Crippen LogP contribution in [0.5, 0.6) is 0 Å². The fourth-order valence-electron chi connectivity index (χ4n) is 2.42. The van der Waals surface area contributed by atoms with Crippen LogP contribution in [-0.4, -0.2) is 46.5 Å². The van der Waals surface area contributed by atoms with Crippen molar-refractivity contribution in [3.8, 4) is 0 Å². The van der Waals surface area contributed by atoms with E-state index in [-0.39, 0.29) is 12.2 Å². The van der Waals surface area contributed by atoms with Gasteiger partial charge in [0.1, 0.15) is 17.7 Å². The Morgan fingerprint density at radius 3 is 2.84 bits per heavy atom. The third-order valence-corrected chi connectivity index (χ3v) is 3.33. The Kier molecular flexibility index (Phi) is 4.37. The van der Waals surface area contributed by atoms with Crippen LogP contribution in [0.15, 0.2) is 6.20 Å². The number of ether oxygens (including phenoxy) is 1. The van der Waals surface area contributed by atoms with Gasteiger partial charge in [0.15, 0.2) is 0 Å². The van der Waals surface area contributed by atoms with Crippen LogP contribution in [0, 0.1) is 6.92 Å². The molecule has 2 rings (SSSR count). The predicted molar refractivity (Wildman–Crippen MR) is 74.4 cm³/mol. The average molecular weight is 265 g/mol. The Morgan fingerprint density at radius 1 is 1.47 bits per heavy atom. The number of anilines is 1. The van der Waals surface area contributed by atoms with E-state index in [4.69, 9.17) is 4.74 Å². The number of aromatic nitrogens is 2. The molecule has 0 aromatic carbocycles. The number of hydrogen-bond acceptors (Lipinski definition) is 5. The Hall–Kier alpha value is -1.20. The van der Waals surface area contributed by atoms with E-state index >= 15 is 0 Å². The van der Waals surface area contributed by atoms with Gasteiger partial charge in [-0.3, -0.25) is 0 Å². The number of hydrogen-bond donors (Lipinski definition) is 1. The van der Waals surface area contributed by atoms with Crippen molar-refractivity contribution in [2.24, 2.45) is 0 Å². The van der Waals surface area contributed by atoms with Gasteiger partial charge in [-0.05, 0) is 27.2 Å². The van der Waals surface area contributed by atoms with Gasteiger partial charge in [0, 0.05) is 24.8 Å². The quantitative estimate of drug-likeness (QED) is 0.890. The molecule has 1 saturated heterocycles. The molecule has 19 heavy (non-hydrogen) atoms. The molecule has 2 heterocycles. The molecule has 0 saturated carbocycles. The van der Waals surface area contributed by atoms with Crippen LogP contribution in [0.1, 0.15) is 32.2 Å². The second kappa shape index (κ2) is 5.84. The molecule has 1 fully saturated rings. The molecule has 0 amide bonds. The number of aliphatic hydroxyl groups is 1. The molecular formula is C14H23N3O2. The molecule has 1 aromatic heterocycles. The first-order valence-corrected chi connectivity index (χ1v) is 6.92. The van der Waals surface area contributed by atoms with Crippen LogP contribution < -0.4 is 4.90 Å². The van der Waals surface area contributed by atoms with E-state index in [0.29, 0.717) is 13.1 Å². The zero-order chi connectivity index (χ0) is 14.0. The van der Waals surface area contributed by atoms with Gasteiger partial charge in [0.25, 0.3) is 0 Å². The van der Waals surface area contributed by atoms with E-state index in [0.717, 1.165) is 23.6 Å². The minimum Gasteiger partial charge on any atom is -0.388 e. The Balaban J connectivity index is 2.17. The summed E-state index contributed by atoms with van der Waals surface area (Å²) in [6, 6.07) is 0. The zero-order valence-corrected chi connectivity index (χ0v) is 12.1. The molecule has 2 atom stereocenters. The second-order valence-corrected chi connectivity index (χ2v) is 5.32. The standard InChI is InChI=1S/C14H23N3O2/c1-5-11-6-15-10(4)16-14(11)17-7-12(18)13(8-17)19-9(2)3/h6,9,12-13,18H,5,7-8H2,1-4H3/t12-,13-/m0/s1. The van der Waals surface area contributed by atoms with E-state index in [9.17, 15) is 5.11 Å². The summed E-state index contributed by atoms with van der Waals surface area (Å²) < 4.78 is 5.74. The molecule has 0 bridgehead atoms. The third kappa shape index (κ3) is 3.22. The number of nitrogens with zero attached hydrogens (tertiary/aromatic N) is 3. The summed E-state index contributed by atoms with van der Waals surface area (Å²) in [5.41, 5.74) is 1.11. The van der Waals surface area contributed by atoms with Crippen LogP contribution >= 0.6 is 0 Å². The summed E-state index contributed by atoms with van der Waals surface area (Å²) in [4.78, 5) is 10.9. The lowest BCUT2D eigenvalue weighted by Gasteiger charge is -2.20. The summed E-state index contributed by atoms with van der Waals surface area (Å²) in [6.07, 6.45) is 2.29. The van der Waals surface area contributed by atoms with Crippen LogP contribution in [0.4, 0.5) is 5.82 Å². The molecule has 5 heteroatoms. The van der Waals surface area contributed by atoms with E-state index in [1.54, 1.807) is 0 Å². The molecular weight excluding hydrogens is 242 g/mol. The molecule has 106 valence electrons. The first-order valence-electron chi connectivity index (χ1n) is 6.92. The Bertz CT molecular complexity index is 437. The first kappa shape index (κ1) is 14.2. The zero-order valence-electron chi connectivity index (χ0n) is 12.1. The molecule has 5 nitrogen and oxygen atoms in total. The highest BCUT2D eigenvalue weighted by molar-refractivity contribution is 5.47. The summed E-state index contributed by atoms with van der Waals surface area (Å²) >= 11 is 0. The normalized spacial score (nSPS) is 23.4. The molecule has 1 aliphatic rings. The summed E-state index contributed by atoms with van der Waals surface area (Å²) in [6.45, 7) is 9.21. The molecule has 0 unspecified atom stereocenters. The first-order chi connectivity index (χ1) is 9.01. The van der Waals surface area contributed by atoms with Crippen molar-refractivity contribution in [1.82, 2.24) is 9.97 Å². The molecule has 0 radical (unpaired) electrons. The van der Waals surface area contributed by atoms with Crippen LogP contribution in [-0.2, 0) is 11.2 Å². The topological polar surface area (TPSA) is 58.5 Å². The summed E-state index contributed by atoms with van der Waals surface area (Å²) in [7, 11) is 0. The average Bonchev–Trinajstić information content (AvgIpc) is 2.70. The largest absolute Gasteiger partial charge is 0.388 e. The van der Waals surface area contributed by atoms with Crippen molar-refractivity contribution in [3.05, 3.63) is 17.6 Å².